The minimum atomic E-state index is -0.811. The fourth-order valence-corrected chi connectivity index (χ4v) is 2.77. The Morgan fingerprint density at radius 2 is 2.29 bits per heavy atom. The molecule has 2 rings (SSSR count). The summed E-state index contributed by atoms with van der Waals surface area (Å²) in [5.74, 6) is -0.221. The van der Waals surface area contributed by atoms with E-state index < -0.39 is 5.97 Å². The van der Waals surface area contributed by atoms with E-state index in [9.17, 15) is 4.79 Å². The van der Waals surface area contributed by atoms with Gasteiger partial charge in [-0.1, -0.05) is 24.9 Å². The molecule has 0 saturated carbocycles. The lowest BCUT2D eigenvalue weighted by Crippen LogP contribution is -2.16. The second-order valence-corrected chi connectivity index (χ2v) is 6.28. The van der Waals surface area contributed by atoms with Crippen molar-refractivity contribution in [3.05, 3.63) is 26.8 Å². The molecule has 1 N–H and O–H groups in total. The average molecular weight is 421 g/mol. The van der Waals surface area contributed by atoms with Crippen molar-refractivity contribution in [1.29, 1.82) is 0 Å². The van der Waals surface area contributed by atoms with Crippen LogP contribution in [-0.2, 0) is 11.3 Å². The normalized spacial score (nSPS) is 12.3. The molecule has 8 heteroatoms. The summed E-state index contributed by atoms with van der Waals surface area (Å²) >= 11 is 8.23. The third kappa shape index (κ3) is 4.13. The number of carboxylic acids is 1. The number of hydrogen-bond donors (Lipinski definition) is 1. The maximum absolute atomic E-state index is 10.9. The van der Waals surface area contributed by atoms with Crippen molar-refractivity contribution >= 4 is 40.2 Å². The molecule has 0 bridgehead atoms. The largest absolute Gasteiger partial charge is 0.481 e. The predicted octanol–water partition coefficient (Wildman–Crippen LogP) is 3.10. The first-order chi connectivity index (χ1) is 10.0. The highest BCUT2D eigenvalue weighted by molar-refractivity contribution is 14.1. The second-order valence-electron chi connectivity index (χ2n) is 4.68. The Bertz CT molecular complexity index is 647. The minimum absolute atomic E-state index is 0.0124. The van der Waals surface area contributed by atoms with Gasteiger partial charge in [0.05, 0.1) is 0 Å². The molecular weight excluding hydrogens is 407 g/mol. The molecule has 1 aromatic heterocycles. The highest BCUT2D eigenvalue weighted by Crippen LogP contribution is 2.27. The lowest BCUT2D eigenvalue weighted by atomic mass is 10.0. The van der Waals surface area contributed by atoms with Crippen LogP contribution in [0.2, 0.25) is 5.02 Å². The second kappa shape index (κ2) is 7.17. The quantitative estimate of drug-likeness (QED) is 0.726. The van der Waals surface area contributed by atoms with E-state index in [2.05, 4.69) is 38.1 Å². The zero-order chi connectivity index (χ0) is 15.4. The zero-order valence-corrected chi connectivity index (χ0v) is 14.2. The van der Waals surface area contributed by atoms with Gasteiger partial charge in [-0.15, -0.1) is 5.10 Å². The van der Waals surface area contributed by atoms with Crippen LogP contribution in [0.25, 0.3) is 11.4 Å². The molecular formula is C13H14ClIN4O2. The molecule has 0 saturated heterocycles. The minimum Gasteiger partial charge on any atom is -0.481 e. The molecule has 0 aliphatic heterocycles. The lowest BCUT2D eigenvalue weighted by molar-refractivity contribution is -0.138. The molecule has 0 aliphatic rings. The third-order valence-electron chi connectivity index (χ3n) is 3.17. The van der Waals surface area contributed by atoms with Crippen LogP contribution in [0.15, 0.2) is 18.2 Å². The van der Waals surface area contributed by atoms with Gasteiger partial charge in [0.25, 0.3) is 0 Å². The zero-order valence-electron chi connectivity index (χ0n) is 11.3. The summed E-state index contributed by atoms with van der Waals surface area (Å²) in [5.41, 5.74) is 0.846. The van der Waals surface area contributed by atoms with E-state index in [-0.39, 0.29) is 12.3 Å². The van der Waals surface area contributed by atoms with Crippen LogP contribution in [0.5, 0.6) is 0 Å². The van der Waals surface area contributed by atoms with Crippen LogP contribution in [0.1, 0.15) is 19.8 Å². The average Bonchev–Trinajstić information content (AvgIpc) is 2.88. The summed E-state index contributed by atoms with van der Waals surface area (Å²) in [6, 6.07) is 5.51. The molecule has 2 aromatic rings. The first kappa shape index (κ1) is 16.2. The summed E-state index contributed by atoms with van der Waals surface area (Å²) in [4.78, 5) is 10.9. The van der Waals surface area contributed by atoms with E-state index >= 15 is 0 Å². The van der Waals surface area contributed by atoms with Crippen molar-refractivity contribution in [3.63, 3.8) is 0 Å². The van der Waals surface area contributed by atoms with Crippen LogP contribution in [0.4, 0.5) is 0 Å². The molecule has 112 valence electrons. The number of halogens is 2. The molecule has 0 aliphatic carbocycles. The molecule has 21 heavy (non-hydrogen) atoms. The van der Waals surface area contributed by atoms with Crippen molar-refractivity contribution in [2.75, 3.05) is 0 Å². The van der Waals surface area contributed by atoms with Crippen molar-refractivity contribution in [2.45, 2.75) is 26.3 Å². The van der Waals surface area contributed by atoms with Gasteiger partial charge in [-0.3, -0.25) is 4.79 Å². The van der Waals surface area contributed by atoms with Gasteiger partial charge in [-0.2, -0.15) is 0 Å². The number of benzene rings is 1. The van der Waals surface area contributed by atoms with Gasteiger partial charge in [0, 0.05) is 27.1 Å². The lowest BCUT2D eigenvalue weighted by Gasteiger charge is -2.13. The van der Waals surface area contributed by atoms with E-state index in [1.807, 2.05) is 19.1 Å². The molecule has 0 spiro atoms. The number of carboxylic acid groups (broad SMARTS) is 1. The topological polar surface area (TPSA) is 80.9 Å². The summed E-state index contributed by atoms with van der Waals surface area (Å²) < 4.78 is 2.63. The summed E-state index contributed by atoms with van der Waals surface area (Å²) in [6.07, 6.45) is 0.848. The molecule has 1 heterocycles. The van der Waals surface area contributed by atoms with Crippen molar-refractivity contribution < 1.29 is 9.90 Å². The maximum atomic E-state index is 10.9. The highest BCUT2D eigenvalue weighted by atomic mass is 127. The number of rotatable bonds is 6. The molecule has 1 unspecified atom stereocenters. The first-order valence-corrected chi connectivity index (χ1v) is 7.90. The molecule has 1 aromatic carbocycles. The van der Waals surface area contributed by atoms with Gasteiger partial charge in [0.1, 0.15) is 0 Å². The van der Waals surface area contributed by atoms with Crippen molar-refractivity contribution in [2.24, 2.45) is 5.92 Å². The Balaban J connectivity index is 2.30. The molecule has 0 amide bonds. The van der Waals surface area contributed by atoms with E-state index in [1.165, 1.54) is 0 Å². The summed E-state index contributed by atoms with van der Waals surface area (Å²) in [6.45, 7) is 2.43. The van der Waals surface area contributed by atoms with Crippen LogP contribution in [0, 0.1) is 9.49 Å². The fourth-order valence-electron chi connectivity index (χ4n) is 2.02. The third-order valence-corrected chi connectivity index (χ3v) is 4.35. The number of nitrogens with zero attached hydrogens (tertiary/aromatic N) is 4. The Morgan fingerprint density at radius 3 is 2.95 bits per heavy atom. The monoisotopic (exact) mass is 420 g/mol. The fraction of sp³-hybridized carbons (Fsp3) is 0.385. The van der Waals surface area contributed by atoms with Gasteiger partial charge in [0.2, 0.25) is 0 Å². The van der Waals surface area contributed by atoms with Gasteiger partial charge in [0.15, 0.2) is 5.82 Å². The van der Waals surface area contributed by atoms with E-state index in [0.717, 1.165) is 15.6 Å². The molecule has 6 nitrogen and oxygen atoms in total. The number of aliphatic carboxylic acids is 1. The number of aromatic nitrogens is 4. The molecule has 0 fully saturated rings. The highest BCUT2D eigenvalue weighted by Gasteiger charge is 2.18. The number of carbonyl (C=O) groups is 1. The van der Waals surface area contributed by atoms with Crippen LogP contribution >= 0.6 is 34.2 Å². The maximum Gasteiger partial charge on any atom is 0.303 e. The first-order valence-electron chi connectivity index (χ1n) is 6.44. The smallest absolute Gasteiger partial charge is 0.303 e. The Morgan fingerprint density at radius 1 is 1.52 bits per heavy atom. The van der Waals surface area contributed by atoms with Gasteiger partial charge < -0.3 is 5.11 Å². The molecule has 1 atom stereocenters. The van der Waals surface area contributed by atoms with Gasteiger partial charge >= 0.3 is 5.97 Å². The van der Waals surface area contributed by atoms with Gasteiger partial charge in [-0.25, -0.2) is 4.68 Å². The summed E-state index contributed by atoms with van der Waals surface area (Å²) in [7, 11) is 0. The van der Waals surface area contributed by atoms with Crippen LogP contribution < -0.4 is 0 Å². The van der Waals surface area contributed by atoms with E-state index in [1.54, 1.807) is 10.7 Å². The predicted molar refractivity (Wildman–Crippen MR) is 87.0 cm³/mol. The number of tetrazole rings is 1. The Hall–Kier alpha value is -1.22. The SMILES string of the molecule is CCC(CC(=O)O)Cn1nnnc1-c1cc(Cl)ccc1I. The van der Waals surface area contributed by atoms with Crippen LogP contribution in [0.3, 0.4) is 0 Å². The van der Waals surface area contributed by atoms with E-state index in [4.69, 9.17) is 16.7 Å². The summed E-state index contributed by atoms with van der Waals surface area (Å²) in [5, 5.41) is 21.3. The van der Waals surface area contributed by atoms with Crippen molar-refractivity contribution in [1.82, 2.24) is 20.2 Å². The van der Waals surface area contributed by atoms with Gasteiger partial charge in [-0.05, 0) is 57.1 Å². The van der Waals surface area contributed by atoms with Crippen LogP contribution in [-0.4, -0.2) is 31.3 Å². The van der Waals surface area contributed by atoms with E-state index in [0.29, 0.717) is 17.4 Å². The Kier molecular flexibility index (Phi) is 5.51. The molecule has 0 radical (unpaired) electrons. The van der Waals surface area contributed by atoms with Crippen molar-refractivity contribution in [3.8, 4) is 11.4 Å². The number of hydrogen-bond acceptors (Lipinski definition) is 4. The standard InChI is InChI=1S/C13H14ClIN4O2/c1-2-8(5-12(20)21)7-19-13(16-17-18-19)10-6-9(14)3-4-11(10)15/h3-4,6,8H,2,5,7H2,1H3,(H,20,21). The Labute approximate surface area is 140 Å².